The van der Waals surface area contributed by atoms with Crippen molar-refractivity contribution in [3.8, 4) is 0 Å². The normalized spacial score (nSPS) is 18.2. The third-order valence-corrected chi connectivity index (χ3v) is 3.43. The molecule has 1 aliphatic rings. The van der Waals surface area contributed by atoms with Crippen molar-refractivity contribution in [2.45, 2.75) is 18.9 Å². The van der Waals surface area contributed by atoms with E-state index in [1.54, 1.807) is 5.38 Å². The number of thiazole rings is 1. The van der Waals surface area contributed by atoms with Gasteiger partial charge >= 0.3 is 7.12 Å². The first-order valence-corrected chi connectivity index (χ1v) is 5.79. The molecule has 5 nitrogen and oxygen atoms in total. The second-order valence-corrected chi connectivity index (χ2v) is 4.48. The fourth-order valence-corrected chi connectivity index (χ4v) is 2.49. The molecule has 3 N–H and O–H groups in total. The van der Waals surface area contributed by atoms with Crippen molar-refractivity contribution < 1.29 is 15.2 Å². The molecule has 0 atom stereocenters. The Morgan fingerprint density at radius 2 is 2.07 bits per heavy atom. The second kappa shape index (κ2) is 4.48. The molecule has 0 radical (unpaired) electrons. The lowest BCUT2D eigenvalue weighted by atomic mass is 9.88. The maximum absolute atomic E-state index is 9.34. The Balaban J connectivity index is 2.03. The van der Waals surface area contributed by atoms with Gasteiger partial charge in [-0.25, -0.2) is 4.98 Å². The first-order valence-electron chi connectivity index (χ1n) is 4.91. The molecule has 0 unspecified atom stereocenters. The van der Waals surface area contributed by atoms with Gasteiger partial charge < -0.3 is 20.1 Å². The zero-order valence-electron chi connectivity index (χ0n) is 8.20. The topological polar surface area (TPSA) is 76.8 Å². The number of hydrogen-bond acceptors (Lipinski definition) is 6. The summed E-state index contributed by atoms with van der Waals surface area (Å²) in [6.07, 6.45) is 1.29. The molecule has 0 aromatic carbocycles. The van der Waals surface area contributed by atoms with E-state index in [9.17, 15) is 5.11 Å². The Hall–Kier alpha value is -0.625. The fourth-order valence-electron chi connectivity index (χ4n) is 1.60. The van der Waals surface area contributed by atoms with Gasteiger partial charge in [0.05, 0.1) is 11.7 Å². The molecule has 0 aliphatic carbocycles. The summed E-state index contributed by atoms with van der Waals surface area (Å²) in [5.41, 5.74) is 0.293. The van der Waals surface area contributed by atoms with Crippen LogP contribution in [-0.2, 0) is 0 Å². The molecule has 0 saturated carbocycles. The van der Waals surface area contributed by atoms with Crippen molar-refractivity contribution in [3.63, 3.8) is 0 Å². The number of nitrogens with zero attached hydrogens (tertiary/aromatic N) is 2. The Morgan fingerprint density at radius 3 is 2.60 bits per heavy atom. The van der Waals surface area contributed by atoms with E-state index in [1.165, 1.54) is 11.3 Å². The summed E-state index contributed by atoms with van der Waals surface area (Å²) in [7, 11) is -1.50. The zero-order valence-corrected chi connectivity index (χ0v) is 9.02. The Morgan fingerprint density at radius 1 is 1.40 bits per heavy atom. The molecule has 1 aromatic rings. The van der Waals surface area contributed by atoms with E-state index < -0.39 is 7.12 Å². The van der Waals surface area contributed by atoms with Crippen LogP contribution < -0.4 is 10.5 Å². The Labute approximate surface area is 92.1 Å². The molecule has 1 aromatic heterocycles. The second-order valence-electron chi connectivity index (χ2n) is 3.65. The van der Waals surface area contributed by atoms with Crippen molar-refractivity contribution in [1.29, 1.82) is 0 Å². The number of hydrogen-bond donors (Lipinski definition) is 3. The average Bonchev–Trinajstić information content (AvgIpc) is 2.68. The third-order valence-electron chi connectivity index (χ3n) is 2.51. The molecule has 1 fully saturated rings. The minimum absolute atomic E-state index is 0.205. The standard InChI is InChI=1S/C8H13BN2O3S/c12-6-1-3-11(4-2-6)8-10-7(5-15-8)9(13)14/h5-6,12-14H,1-4H2. The van der Waals surface area contributed by atoms with Crippen molar-refractivity contribution in [2.75, 3.05) is 18.0 Å². The maximum atomic E-state index is 9.34. The minimum atomic E-state index is -1.50. The smallest absolute Gasteiger partial charge is 0.422 e. The van der Waals surface area contributed by atoms with Gasteiger partial charge in [-0.1, -0.05) is 0 Å². The van der Waals surface area contributed by atoms with Gasteiger partial charge in [0.15, 0.2) is 5.13 Å². The van der Waals surface area contributed by atoms with Crippen LogP contribution in [0.25, 0.3) is 0 Å². The molecular formula is C8H13BN2O3S. The molecule has 2 heterocycles. The van der Waals surface area contributed by atoms with Crippen LogP contribution in [0.15, 0.2) is 5.38 Å². The highest BCUT2D eigenvalue weighted by Gasteiger charge is 2.21. The molecule has 1 saturated heterocycles. The molecule has 15 heavy (non-hydrogen) atoms. The number of aliphatic hydroxyl groups excluding tert-OH is 1. The lowest BCUT2D eigenvalue weighted by Gasteiger charge is -2.29. The van der Waals surface area contributed by atoms with Gasteiger partial charge in [0.2, 0.25) is 0 Å². The number of aliphatic hydroxyl groups is 1. The Bertz CT molecular complexity index is 325. The Kier molecular flexibility index (Phi) is 3.25. The SMILES string of the molecule is OB(O)c1csc(N2CCC(O)CC2)n1. The predicted octanol–water partition coefficient (Wildman–Crippen LogP) is -1.22. The molecule has 1 aliphatic heterocycles. The monoisotopic (exact) mass is 228 g/mol. The maximum Gasteiger partial charge on any atom is 0.509 e. The highest BCUT2D eigenvalue weighted by Crippen LogP contribution is 2.21. The van der Waals surface area contributed by atoms with Crippen LogP contribution >= 0.6 is 11.3 Å². The van der Waals surface area contributed by atoms with Crippen molar-refractivity contribution in [3.05, 3.63) is 5.38 Å². The summed E-state index contributed by atoms with van der Waals surface area (Å²) in [5.74, 6) is 0. The average molecular weight is 228 g/mol. The van der Waals surface area contributed by atoms with Crippen LogP contribution in [0, 0.1) is 0 Å². The fraction of sp³-hybridized carbons (Fsp3) is 0.625. The van der Waals surface area contributed by atoms with Crippen LogP contribution in [0.4, 0.5) is 5.13 Å². The zero-order chi connectivity index (χ0) is 10.8. The van der Waals surface area contributed by atoms with Crippen molar-refractivity contribution in [1.82, 2.24) is 4.98 Å². The molecular weight excluding hydrogens is 215 g/mol. The number of piperidine rings is 1. The van der Waals surface area contributed by atoms with E-state index in [0.29, 0.717) is 5.59 Å². The van der Waals surface area contributed by atoms with E-state index in [4.69, 9.17) is 10.0 Å². The number of aromatic nitrogens is 1. The first kappa shape index (κ1) is 10.9. The van der Waals surface area contributed by atoms with Gasteiger partial charge in [-0.2, -0.15) is 0 Å². The number of anilines is 1. The van der Waals surface area contributed by atoms with E-state index in [-0.39, 0.29) is 6.10 Å². The summed E-state index contributed by atoms with van der Waals surface area (Å²) in [6, 6.07) is 0. The predicted molar refractivity (Wildman–Crippen MR) is 59.4 cm³/mol. The van der Waals surface area contributed by atoms with Gasteiger partial charge in [0.1, 0.15) is 0 Å². The summed E-state index contributed by atoms with van der Waals surface area (Å²) < 4.78 is 0. The largest absolute Gasteiger partial charge is 0.509 e. The van der Waals surface area contributed by atoms with E-state index in [2.05, 4.69) is 9.88 Å². The van der Waals surface area contributed by atoms with Crippen LogP contribution in [0.1, 0.15) is 12.8 Å². The highest BCUT2D eigenvalue weighted by molar-refractivity contribution is 7.14. The molecule has 2 rings (SSSR count). The number of rotatable bonds is 2. The lowest BCUT2D eigenvalue weighted by Crippen LogP contribution is -2.37. The first-order chi connectivity index (χ1) is 7.16. The molecule has 82 valence electrons. The summed E-state index contributed by atoms with van der Waals surface area (Å²) in [4.78, 5) is 6.18. The van der Waals surface area contributed by atoms with E-state index >= 15 is 0 Å². The highest BCUT2D eigenvalue weighted by atomic mass is 32.1. The van der Waals surface area contributed by atoms with Crippen LogP contribution in [0.5, 0.6) is 0 Å². The lowest BCUT2D eigenvalue weighted by molar-refractivity contribution is 0.145. The van der Waals surface area contributed by atoms with Gasteiger partial charge in [-0.15, -0.1) is 11.3 Å². The molecule has 0 amide bonds. The van der Waals surface area contributed by atoms with Crippen LogP contribution in [0.2, 0.25) is 0 Å². The molecule has 0 spiro atoms. The summed E-state index contributed by atoms with van der Waals surface area (Å²) >= 11 is 1.40. The van der Waals surface area contributed by atoms with Crippen LogP contribution in [-0.4, -0.2) is 46.5 Å². The van der Waals surface area contributed by atoms with E-state index in [1.807, 2.05) is 0 Å². The van der Waals surface area contributed by atoms with Gasteiger partial charge in [-0.05, 0) is 12.8 Å². The summed E-state index contributed by atoms with van der Waals surface area (Å²) in [5, 5.41) is 29.6. The van der Waals surface area contributed by atoms with Gasteiger partial charge in [-0.3, -0.25) is 0 Å². The molecule has 0 bridgehead atoms. The molecule has 7 heteroatoms. The summed E-state index contributed by atoms with van der Waals surface area (Å²) in [6.45, 7) is 1.55. The van der Waals surface area contributed by atoms with Gasteiger partial charge in [0.25, 0.3) is 0 Å². The van der Waals surface area contributed by atoms with Crippen LogP contribution in [0.3, 0.4) is 0 Å². The third kappa shape index (κ3) is 2.49. The van der Waals surface area contributed by atoms with Crippen molar-refractivity contribution in [2.24, 2.45) is 0 Å². The van der Waals surface area contributed by atoms with Gasteiger partial charge in [0, 0.05) is 18.5 Å². The van der Waals surface area contributed by atoms with E-state index in [0.717, 1.165) is 31.1 Å². The van der Waals surface area contributed by atoms with Crippen molar-refractivity contribution >= 4 is 29.2 Å². The minimum Gasteiger partial charge on any atom is -0.422 e. The quantitative estimate of drug-likeness (QED) is 0.553.